The minimum atomic E-state index is -0.934. The van der Waals surface area contributed by atoms with E-state index in [1.165, 1.54) is 12.1 Å². The molecule has 19 heavy (non-hydrogen) atoms. The van der Waals surface area contributed by atoms with Crippen molar-refractivity contribution in [1.82, 2.24) is 0 Å². The van der Waals surface area contributed by atoms with Gasteiger partial charge in [-0.25, -0.2) is 4.79 Å². The molecule has 4 heteroatoms. The van der Waals surface area contributed by atoms with Gasteiger partial charge in [-0.15, -0.1) is 0 Å². The lowest BCUT2D eigenvalue weighted by Crippen LogP contribution is -2.29. The van der Waals surface area contributed by atoms with Crippen LogP contribution in [0.2, 0.25) is 0 Å². The lowest BCUT2D eigenvalue weighted by molar-refractivity contribution is -0.00817. The second kappa shape index (κ2) is 7.79. The normalized spacial score (nSPS) is 13.8. The maximum atomic E-state index is 10.7. The number of rotatable bonds is 8. The van der Waals surface area contributed by atoms with Crippen LogP contribution in [0.4, 0.5) is 0 Å². The fourth-order valence-electron chi connectivity index (χ4n) is 1.54. The van der Waals surface area contributed by atoms with Gasteiger partial charge in [0.2, 0.25) is 0 Å². The number of unbranched alkanes of at least 4 members (excludes halogenated alkanes) is 1. The van der Waals surface area contributed by atoms with E-state index in [0.29, 0.717) is 5.75 Å². The molecule has 0 aliphatic heterocycles. The molecule has 1 N–H and O–H groups in total. The van der Waals surface area contributed by atoms with Crippen molar-refractivity contribution in [2.45, 2.75) is 45.8 Å². The van der Waals surface area contributed by atoms with Crippen molar-refractivity contribution in [2.75, 3.05) is 6.61 Å². The van der Waals surface area contributed by atoms with Crippen LogP contribution < -0.4 is 4.74 Å². The molecule has 4 nitrogen and oxygen atoms in total. The molecule has 0 aliphatic carbocycles. The van der Waals surface area contributed by atoms with E-state index in [1.807, 2.05) is 13.8 Å². The Kier molecular flexibility index (Phi) is 6.36. The zero-order valence-electron chi connectivity index (χ0n) is 11.8. The minimum Gasteiger partial charge on any atom is -0.488 e. The van der Waals surface area contributed by atoms with Crippen molar-refractivity contribution in [3.63, 3.8) is 0 Å². The molecule has 0 bridgehead atoms. The summed E-state index contributed by atoms with van der Waals surface area (Å²) in [5, 5.41) is 8.81. The Morgan fingerprint density at radius 1 is 1.21 bits per heavy atom. The number of ether oxygens (including phenoxy) is 2. The summed E-state index contributed by atoms with van der Waals surface area (Å²) in [4.78, 5) is 10.7. The van der Waals surface area contributed by atoms with Gasteiger partial charge in [0.1, 0.15) is 11.9 Å². The van der Waals surface area contributed by atoms with Crippen molar-refractivity contribution in [1.29, 1.82) is 0 Å². The topological polar surface area (TPSA) is 55.8 Å². The van der Waals surface area contributed by atoms with Gasteiger partial charge < -0.3 is 14.6 Å². The first kappa shape index (κ1) is 15.5. The van der Waals surface area contributed by atoms with Crippen molar-refractivity contribution < 1.29 is 19.4 Å². The van der Waals surface area contributed by atoms with Gasteiger partial charge in [0.15, 0.2) is 0 Å². The fourth-order valence-corrected chi connectivity index (χ4v) is 1.54. The molecule has 0 spiro atoms. The first-order valence-electron chi connectivity index (χ1n) is 6.66. The first-order valence-corrected chi connectivity index (χ1v) is 6.66. The third-order valence-electron chi connectivity index (χ3n) is 2.96. The average molecular weight is 266 g/mol. The second-order valence-electron chi connectivity index (χ2n) is 4.58. The number of hydrogen-bond donors (Lipinski definition) is 1. The van der Waals surface area contributed by atoms with E-state index < -0.39 is 5.97 Å². The number of hydrogen-bond acceptors (Lipinski definition) is 3. The Balaban J connectivity index is 2.46. The monoisotopic (exact) mass is 266 g/mol. The third kappa shape index (κ3) is 5.30. The molecule has 1 aromatic carbocycles. The van der Waals surface area contributed by atoms with Crippen LogP contribution >= 0.6 is 0 Å². The van der Waals surface area contributed by atoms with E-state index >= 15 is 0 Å². The Labute approximate surface area is 114 Å². The molecule has 0 heterocycles. The molecular weight excluding hydrogens is 244 g/mol. The van der Waals surface area contributed by atoms with Gasteiger partial charge in [-0.1, -0.05) is 13.3 Å². The molecule has 0 saturated heterocycles. The number of aromatic carboxylic acids is 1. The molecule has 0 unspecified atom stereocenters. The SMILES string of the molecule is CCCCO[C@@H](C)[C@@H](C)Oc1ccc(C(=O)O)cc1. The second-order valence-corrected chi connectivity index (χ2v) is 4.58. The Hall–Kier alpha value is -1.55. The minimum absolute atomic E-state index is 0.00528. The number of carbonyl (C=O) groups is 1. The van der Waals surface area contributed by atoms with Crippen molar-refractivity contribution in [3.8, 4) is 5.75 Å². The standard InChI is InChI=1S/C15H22O4/c1-4-5-10-18-11(2)12(3)19-14-8-6-13(7-9-14)15(16)17/h6-9,11-12H,4-5,10H2,1-3H3,(H,16,17)/t11-,12+/m0/s1. The maximum Gasteiger partial charge on any atom is 0.335 e. The summed E-state index contributed by atoms with van der Waals surface area (Å²) in [7, 11) is 0. The quantitative estimate of drug-likeness (QED) is 0.733. The highest BCUT2D eigenvalue weighted by Gasteiger charge is 2.14. The van der Waals surface area contributed by atoms with Crippen LogP contribution in [-0.2, 0) is 4.74 Å². The first-order chi connectivity index (χ1) is 9.04. The van der Waals surface area contributed by atoms with E-state index in [9.17, 15) is 4.79 Å². The number of carboxylic acid groups (broad SMARTS) is 1. The molecule has 0 aliphatic rings. The summed E-state index contributed by atoms with van der Waals surface area (Å²) in [6.45, 7) is 6.79. The van der Waals surface area contributed by atoms with Gasteiger partial charge in [0.05, 0.1) is 11.7 Å². The summed E-state index contributed by atoms with van der Waals surface area (Å²) in [6.07, 6.45) is 2.08. The van der Waals surface area contributed by atoms with Gasteiger partial charge >= 0.3 is 5.97 Å². The van der Waals surface area contributed by atoms with Crippen LogP contribution in [0.1, 0.15) is 44.0 Å². The highest BCUT2D eigenvalue weighted by molar-refractivity contribution is 5.87. The highest BCUT2D eigenvalue weighted by Crippen LogP contribution is 2.16. The van der Waals surface area contributed by atoms with E-state index in [1.54, 1.807) is 12.1 Å². The molecule has 0 amide bonds. The summed E-state index contributed by atoms with van der Waals surface area (Å²) < 4.78 is 11.4. The Bertz CT molecular complexity index is 386. The van der Waals surface area contributed by atoms with E-state index in [4.69, 9.17) is 14.6 Å². The fraction of sp³-hybridized carbons (Fsp3) is 0.533. The molecule has 0 saturated carbocycles. The van der Waals surface area contributed by atoms with Crippen molar-refractivity contribution in [3.05, 3.63) is 29.8 Å². The van der Waals surface area contributed by atoms with Gasteiger partial charge in [-0.3, -0.25) is 0 Å². The summed E-state index contributed by atoms with van der Waals surface area (Å²) >= 11 is 0. The van der Waals surface area contributed by atoms with Crippen LogP contribution in [0.25, 0.3) is 0 Å². The molecule has 0 aromatic heterocycles. The van der Waals surface area contributed by atoms with Gasteiger partial charge in [-0.2, -0.15) is 0 Å². The van der Waals surface area contributed by atoms with Gasteiger partial charge in [0.25, 0.3) is 0 Å². The maximum absolute atomic E-state index is 10.7. The predicted octanol–water partition coefficient (Wildman–Crippen LogP) is 3.36. The molecule has 1 aromatic rings. The van der Waals surface area contributed by atoms with E-state index in [2.05, 4.69) is 6.92 Å². The molecular formula is C15H22O4. The van der Waals surface area contributed by atoms with Crippen LogP contribution in [0.5, 0.6) is 5.75 Å². The molecule has 0 radical (unpaired) electrons. The summed E-state index contributed by atoms with van der Waals surface area (Å²) in [5.74, 6) is -0.278. The Morgan fingerprint density at radius 2 is 1.84 bits per heavy atom. The molecule has 106 valence electrons. The van der Waals surface area contributed by atoms with Crippen LogP contribution in [0.3, 0.4) is 0 Å². The van der Waals surface area contributed by atoms with Crippen LogP contribution in [0.15, 0.2) is 24.3 Å². The van der Waals surface area contributed by atoms with Crippen LogP contribution in [0, 0.1) is 0 Å². The van der Waals surface area contributed by atoms with Gasteiger partial charge in [0, 0.05) is 6.61 Å². The lowest BCUT2D eigenvalue weighted by atomic mass is 10.2. The average Bonchev–Trinajstić information content (AvgIpc) is 2.39. The summed E-state index contributed by atoms with van der Waals surface area (Å²) in [5.41, 5.74) is 0.257. The predicted molar refractivity (Wildman–Crippen MR) is 73.8 cm³/mol. The smallest absolute Gasteiger partial charge is 0.335 e. The summed E-state index contributed by atoms with van der Waals surface area (Å²) in [6, 6.07) is 6.40. The molecule has 0 fully saturated rings. The largest absolute Gasteiger partial charge is 0.488 e. The van der Waals surface area contributed by atoms with Gasteiger partial charge in [-0.05, 0) is 44.5 Å². The Morgan fingerprint density at radius 3 is 2.37 bits per heavy atom. The zero-order chi connectivity index (χ0) is 14.3. The lowest BCUT2D eigenvalue weighted by Gasteiger charge is -2.22. The third-order valence-corrected chi connectivity index (χ3v) is 2.96. The zero-order valence-corrected chi connectivity index (χ0v) is 11.8. The highest BCUT2D eigenvalue weighted by atomic mass is 16.5. The van der Waals surface area contributed by atoms with Crippen LogP contribution in [-0.4, -0.2) is 29.9 Å². The van der Waals surface area contributed by atoms with E-state index in [-0.39, 0.29) is 17.8 Å². The number of benzene rings is 1. The molecule has 1 rings (SSSR count). The molecule has 2 atom stereocenters. The van der Waals surface area contributed by atoms with E-state index in [0.717, 1.165) is 19.4 Å². The van der Waals surface area contributed by atoms with Crippen molar-refractivity contribution in [2.24, 2.45) is 0 Å². The van der Waals surface area contributed by atoms with Crippen molar-refractivity contribution >= 4 is 5.97 Å². The number of carboxylic acids is 1.